The average molecular weight is 432 g/mol. The molecule has 3 N–H and O–H groups in total. The minimum atomic E-state index is -4.76. The maximum absolute atomic E-state index is 11.2. The summed E-state index contributed by atoms with van der Waals surface area (Å²) in [5.74, 6) is -0.237. The van der Waals surface area contributed by atoms with Crippen molar-refractivity contribution in [2.24, 2.45) is 0 Å². The molecule has 1 heterocycles. The third kappa shape index (κ3) is 7.61. The maximum atomic E-state index is 11.2. The van der Waals surface area contributed by atoms with Crippen molar-refractivity contribution in [1.29, 1.82) is 0 Å². The number of ether oxygens (including phenoxy) is 1. The maximum Gasteiger partial charge on any atom is 0.409 e. The number of hydrogen-bond acceptors (Lipinski definition) is 6. The average Bonchev–Trinajstić information content (AvgIpc) is 2.63. The van der Waals surface area contributed by atoms with E-state index in [1.54, 1.807) is 4.90 Å². The first-order valence-corrected chi connectivity index (χ1v) is 11.6. The Balaban J connectivity index is 0.000000273. The summed E-state index contributed by atoms with van der Waals surface area (Å²) < 4.78 is 28.7. The molecule has 1 aromatic rings. The standard InChI is InChI=1S/C8H10AsNO5.C8H15NO2/c1-6(11)10-8-4-2-7(3-5-8)9(12,13)15-14;1-2-11-8(10)9-6-4-3-5-7-9/h2-5,14H,1H3,(H,10,11)(H,12,13);2-7H2,1H3. The molecule has 0 aliphatic carbocycles. The molecule has 1 fully saturated rings. The molecular weight excluding hydrogens is 407 g/mol. The third-order valence-corrected chi connectivity index (χ3v) is 5.97. The molecule has 26 heavy (non-hydrogen) atoms. The fraction of sp³-hybridized carbons (Fsp3) is 0.500. The van der Waals surface area contributed by atoms with Gasteiger partial charge in [0.25, 0.3) is 0 Å². The molecule has 9 nitrogen and oxygen atoms in total. The van der Waals surface area contributed by atoms with Crippen molar-refractivity contribution in [2.75, 3.05) is 25.0 Å². The number of nitrogens with one attached hydrogen (secondary N) is 1. The van der Waals surface area contributed by atoms with Crippen molar-refractivity contribution < 1.29 is 31.3 Å². The summed E-state index contributed by atoms with van der Waals surface area (Å²) in [5.41, 5.74) is 0.500. The minimum Gasteiger partial charge on any atom is -0.450 e. The second-order valence-corrected chi connectivity index (χ2v) is 9.19. The number of amides is 2. The molecule has 0 saturated carbocycles. The quantitative estimate of drug-likeness (QED) is 0.372. The van der Waals surface area contributed by atoms with Gasteiger partial charge >= 0.3 is 94.5 Å². The normalized spacial score (nSPS) is 15.9. The van der Waals surface area contributed by atoms with Gasteiger partial charge in [-0.15, -0.1) is 0 Å². The monoisotopic (exact) mass is 432 g/mol. The predicted octanol–water partition coefficient (Wildman–Crippen LogP) is 1.33. The molecule has 10 heteroatoms. The molecule has 0 aromatic heterocycles. The first-order chi connectivity index (χ1) is 12.3. The molecule has 1 atom stereocenters. The number of carbonyl (C=O) groups excluding carboxylic acids is 2. The Labute approximate surface area is 155 Å². The van der Waals surface area contributed by atoms with Crippen LogP contribution >= 0.6 is 0 Å². The minimum absolute atomic E-state index is 0.00438. The van der Waals surface area contributed by atoms with Gasteiger partial charge in [0, 0.05) is 13.1 Å². The molecule has 2 amide bonds. The van der Waals surface area contributed by atoms with E-state index in [2.05, 4.69) is 9.19 Å². The Morgan fingerprint density at radius 2 is 1.77 bits per heavy atom. The first-order valence-electron chi connectivity index (χ1n) is 8.26. The second kappa shape index (κ2) is 11.0. The number of piperidine rings is 1. The predicted molar refractivity (Wildman–Crippen MR) is 95.2 cm³/mol. The third-order valence-electron chi connectivity index (χ3n) is 3.51. The van der Waals surface area contributed by atoms with Crippen molar-refractivity contribution in [3.63, 3.8) is 0 Å². The summed E-state index contributed by atoms with van der Waals surface area (Å²) in [7, 11) is 0. The van der Waals surface area contributed by atoms with Gasteiger partial charge in [0.15, 0.2) is 0 Å². The molecule has 0 spiro atoms. The first kappa shape index (κ1) is 22.2. The fourth-order valence-electron chi connectivity index (χ4n) is 2.27. The van der Waals surface area contributed by atoms with Gasteiger partial charge < -0.3 is 9.64 Å². The van der Waals surface area contributed by atoms with E-state index in [9.17, 15) is 13.3 Å². The molecule has 0 radical (unpaired) electrons. The van der Waals surface area contributed by atoms with Crippen LogP contribution in [0, 0.1) is 0 Å². The van der Waals surface area contributed by atoms with E-state index < -0.39 is 14.2 Å². The van der Waals surface area contributed by atoms with Crippen LogP contribution in [-0.2, 0) is 17.1 Å². The van der Waals surface area contributed by atoms with Crippen LogP contribution in [0.3, 0.4) is 0 Å². The van der Waals surface area contributed by atoms with Crippen molar-refractivity contribution >= 4 is 36.2 Å². The van der Waals surface area contributed by atoms with Gasteiger partial charge in [-0.1, -0.05) is 0 Å². The zero-order chi connectivity index (χ0) is 19.6. The van der Waals surface area contributed by atoms with E-state index in [0.29, 0.717) is 12.3 Å². The topological polar surface area (TPSA) is 125 Å². The smallest absolute Gasteiger partial charge is 0.409 e. The summed E-state index contributed by atoms with van der Waals surface area (Å²) in [6.07, 6.45) is 3.35. The SMILES string of the molecule is CC(=O)Nc1ccc([As](=O)(O)OO)cc1.CCOC(=O)N1CCCCC1. The number of carbonyl (C=O) groups is 2. The number of anilines is 1. The van der Waals surface area contributed by atoms with E-state index in [1.165, 1.54) is 37.6 Å². The van der Waals surface area contributed by atoms with Gasteiger partial charge in [-0.2, -0.15) is 0 Å². The Bertz CT molecular complexity index is 630. The molecule has 146 valence electrons. The molecule has 1 saturated heterocycles. The summed E-state index contributed by atoms with van der Waals surface area (Å²) in [5, 5.41) is 10.7. The molecule has 0 bridgehead atoms. The molecule has 1 aliphatic rings. The number of hydrogen-bond donors (Lipinski definition) is 3. The van der Waals surface area contributed by atoms with E-state index in [0.717, 1.165) is 25.9 Å². The van der Waals surface area contributed by atoms with Gasteiger partial charge in [-0.3, -0.25) is 0 Å². The Kier molecular flexibility index (Phi) is 9.43. The summed E-state index contributed by atoms with van der Waals surface area (Å²) >= 11 is -4.76. The number of rotatable bonds is 4. The zero-order valence-corrected chi connectivity index (χ0v) is 16.8. The summed E-state index contributed by atoms with van der Waals surface area (Å²) in [4.78, 5) is 23.6. The van der Waals surface area contributed by atoms with E-state index in [4.69, 9.17) is 14.1 Å². The Morgan fingerprint density at radius 3 is 2.23 bits per heavy atom. The summed E-state index contributed by atoms with van der Waals surface area (Å²) in [6.45, 7) is 5.42. The Morgan fingerprint density at radius 1 is 1.19 bits per heavy atom. The summed E-state index contributed by atoms with van der Waals surface area (Å²) in [6, 6.07) is 5.50. The number of nitrogens with zero attached hydrogens (tertiary/aromatic N) is 1. The van der Waals surface area contributed by atoms with Gasteiger partial charge in [-0.05, 0) is 26.2 Å². The van der Waals surface area contributed by atoms with Crippen LogP contribution in [0.25, 0.3) is 0 Å². The zero-order valence-electron chi connectivity index (χ0n) is 14.9. The van der Waals surface area contributed by atoms with Crippen molar-refractivity contribution in [2.45, 2.75) is 33.1 Å². The van der Waals surface area contributed by atoms with E-state index in [1.807, 2.05) is 6.92 Å². The molecule has 1 unspecified atom stereocenters. The van der Waals surface area contributed by atoms with Crippen molar-refractivity contribution in [1.82, 2.24) is 4.90 Å². The van der Waals surface area contributed by atoms with Gasteiger partial charge in [0.05, 0.1) is 6.61 Å². The molecule has 2 rings (SSSR count). The molecular formula is C16H25AsN2O7. The van der Waals surface area contributed by atoms with Crippen LogP contribution in [0.5, 0.6) is 0 Å². The Hall–Kier alpha value is -1.80. The van der Waals surface area contributed by atoms with Crippen LogP contribution in [0.2, 0.25) is 0 Å². The van der Waals surface area contributed by atoms with Crippen molar-refractivity contribution in [3.8, 4) is 0 Å². The fourth-order valence-corrected chi connectivity index (χ4v) is 3.58. The van der Waals surface area contributed by atoms with Crippen LogP contribution in [-0.4, -0.2) is 60.1 Å². The van der Waals surface area contributed by atoms with E-state index in [-0.39, 0.29) is 16.4 Å². The molecule has 1 aliphatic heterocycles. The van der Waals surface area contributed by atoms with E-state index >= 15 is 0 Å². The largest absolute Gasteiger partial charge is 0.450 e. The number of likely N-dealkylation sites (tertiary alicyclic amines) is 1. The van der Waals surface area contributed by atoms with Crippen LogP contribution in [0.4, 0.5) is 10.5 Å². The van der Waals surface area contributed by atoms with Crippen LogP contribution in [0.1, 0.15) is 33.1 Å². The van der Waals surface area contributed by atoms with Crippen LogP contribution < -0.4 is 9.67 Å². The van der Waals surface area contributed by atoms with Crippen molar-refractivity contribution in [3.05, 3.63) is 24.3 Å². The van der Waals surface area contributed by atoms with Gasteiger partial charge in [-0.25, -0.2) is 4.79 Å². The van der Waals surface area contributed by atoms with Gasteiger partial charge in [0.2, 0.25) is 0 Å². The number of benzene rings is 1. The van der Waals surface area contributed by atoms with Gasteiger partial charge in [0.1, 0.15) is 0 Å². The van der Waals surface area contributed by atoms with Crippen LogP contribution in [0.15, 0.2) is 24.3 Å². The second-order valence-electron chi connectivity index (χ2n) is 5.58. The molecule has 1 aromatic carbocycles.